The van der Waals surface area contributed by atoms with E-state index in [9.17, 15) is 4.79 Å². The van der Waals surface area contributed by atoms with E-state index >= 15 is 0 Å². The van der Waals surface area contributed by atoms with Gasteiger partial charge in [-0.1, -0.05) is 25.4 Å². The van der Waals surface area contributed by atoms with Crippen LogP contribution in [0.4, 0.5) is 10.6 Å². The molecule has 1 amide bonds. The lowest BCUT2D eigenvalue weighted by atomic mass is 10.1. The summed E-state index contributed by atoms with van der Waals surface area (Å²) in [7, 11) is 1.55. The highest BCUT2D eigenvalue weighted by Crippen LogP contribution is 2.31. The molecule has 28 heavy (non-hydrogen) atoms. The number of nitrogens with zero attached hydrogens (tertiary/aromatic N) is 2. The molecule has 1 aromatic heterocycles. The maximum Gasteiger partial charge on any atom is 0.416 e. The number of hydrogen-bond acceptors (Lipinski definition) is 5. The summed E-state index contributed by atoms with van der Waals surface area (Å²) in [5, 5.41) is 1.28. The molecule has 1 heterocycles. The Balaban J connectivity index is 2.37. The number of ether oxygens (including phenoxy) is 3. The van der Waals surface area contributed by atoms with Gasteiger partial charge < -0.3 is 14.2 Å². The van der Waals surface area contributed by atoms with E-state index < -0.39 is 11.7 Å². The highest BCUT2D eigenvalue weighted by Gasteiger charge is 2.24. The number of pyridine rings is 1. The zero-order valence-electron chi connectivity index (χ0n) is 17.4. The van der Waals surface area contributed by atoms with Gasteiger partial charge in [0.05, 0.1) is 10.5 Å². The van der Waals surface area contributed by atoms with Crippen LogP contribution in [0.3, 0.4) is 0 Å². The summed E-state index contributed by atoms with van der Waals surface area (Å²) in [4.78, 5) is 19.0. The first-order chi connectivity index (χ1) is 13.1. The molecule has 2 rings (SSSR count). The van der Waals surface area contributed by atoms with Gasteiger partial charge >= 0.3 is 6.09 Å². The van der Waals surface area contributed by atoms with Gasteiger partial charge in [0.25, 0.3) is 0 Å². The van der Waals surface area contributed by atoms with Gasteiger partial charge in [0, 0.05) is 19.0 Å². The molecule has 0 radical (unpaired) electrons. The average Bonchev–Trinajstić information content (AvgIpc) is 2.58. The molecule has 6 nitrogen and oxygen atoms in total. The monoisotopic (exact) mass is 408 g/mol. The van der Waals surface area contributed by atoms with Gasteiger partial charge in [-0.05, 0) is 57.4 Å². The zero-order chi connectivity index (χ0) is 20.9. The molecular weight excluding hydrogens is 380 g/mol. The van der Waals surface area contributed by atoms with Gasteiger partial charge in [0.15, 0.2) is 6.79 Å². The Kier molecular flexibility index (Phi) is 7.49. The van der Waals surface area contributed by atoms with Crippen LogP contribution < -0.4 is 9.64 Å². The maximum atomic E-state index is 12.8. The van der Waals surface area contributed by atoms with Crippen LogP contribution in [-0.4, -0.2) is 37.1 Å². The lowest BCUT2D eigenvalue weighted by molar-refractivity contribution is 0.0512. The molecular formula is C21H29ClN2O4. The van der Waals surface area contributed by atoms with Crippen molar-refractivity contribution in [2.45, 2.75) is 46.6 Å². The van der Waals surface area contributed by atoms with Crippen molar-refractivity contribution in [3.63, 3.8) is 0 Å². The van der Waals surface area contributed by atoms with Crippen molar-refractivity contribution < 1.29 is 19.0 Å². The molecule has 0 saturated carbocycles. The van der Waals surface area contributed by atoms with Gasteiger partial charge in [-0.2, -0.15) is 0 Å². The van der Waals surface area contributed by atoms with Gasteiger partial charge in [-0.15, -0.1) is 0 Å². The highest BCUT2D eigenvalue weighted by molar-refractivity contribution is 6.32. The normalized spacial score (nSPS) is 11.7. The van der Waals surface area contributed by atoms with E-state index in [-0.39, 0.29) is 6.79 Å². The largest absolute Gasteiger partial charge is 0.466 e. The van der Waals surface area contributed by atoms with Crippen molar-refractivity contribution in [2.75, 3.05) is 25.3 Å². The second kappa shape index (κ2) is 9.43. The number of amides is 1. The summed E-state index contributed by atoms with van der Waals surface area (Å²) < 4.78 is 16.0. The molecule has 0 bridgehead atoms. The third-order valence-corrected chi connectivity index (χ3v) is 4.18. The second-order valence-corrected chi connectivity index (χ2v) is 8.42. The van der Waals surface area contributed by atoms with Crippen LogP contribution in [0.5, 0.6) is 5.75 Å². The molecule has 154 valence electrons. The molecule has 0 unspecified atom stereocenters. The predicted molar refractivity (Wildman–Crippen MR) is 112 cm³/mol. The molecule has 1 aromatic carbocycles. The van der Waals surface area contributed by atoms with E-state index in [0.29, 0.717) is 34.6 Å². The zero-order valence-corrected chi connectivity index (χ0v) is 18.2. The Morgan fingerprint density at radius 2 is 1.96 bits per heavy atom. The fourth-order valence-corrected chi connectivity index (χ4v) is 2.71. The molecule has 7 heteroatoms. The van der Waals surface area contributed by atoms with Crippen LogP contribution in [0.25, 0.3) is 10.9 Å². The summed E-state index contributed by atoms with van der Waals surface area (Å²) in [6.07, 6.45) is 0.426. The van der Waals surface area contributed by atoms with Gasteiger partial charge in [-0.3, -0.25) is 4.90 Å². The van der Waals surface area contributed by atoms with Crippen LogP contribution in [0, 0.1) is 5.92 Å². The Hall–Kier alpha value is -2.05. The molecule has 0 fully saturated rings. The Morgan fingerprint density at radius 1 is 1.25 bits per heavy atom. The molecule has 0 aliphatic rings. The van der Waals surface area contributed by atoms with Crippen molar-refractivity contribution in [1.82, 2.24) is 4.98 Å². The third kappa shape index (κ3) is 6.24. The first kappa shape index (κ1) is 22.2. The van der Waals surface area contributed by atoms with E-state index in [1.54, 1.807) is 30.2 Å². The molecule has 0 atom stereocenters. The lowest BCUT2D eigenvalue weighted by Crippen LogP contribution is -2.38. The van der Waals surface area contributed by atoms with Crippen molar-refractivity contribution in [3.05, 3.63) is 29.3 Å². The summed E-state index contributed by atoms with van der Waals surface area (Å²) in [5.74, 6) is 1.50. The van der Waals surface area contributed by atoms with Gasteiger partial charge in [-0.25, -0.2) is 9.78 Å². The minimum atomic E-state index is -0.582. The Bertz CT molecular complexity index is 818. The van der Waals surface area contributed by atoms with Crippen LogP contribution >= 0.6 is 11.6 Å². The molecule has 0 N–H and O–H groups in total. The SMILES string of the molecule is COCOc1cc2ccc(N(CCC(C)C)C(=O)OC(C)(C)C)nc2cc1Cl. The lowest BCUT2D eigenvalue weighted by Gasteiger charge is -2.27. The number of hydrogen-bond donors (Lipinski definition) is 0. The van der Waals surface area contributed by atoms with Crippen LogP contribution in [-0.2, 0) is 9.47 Å². The molecule has 0 aliphatic heterocycles. The van der Waals surface area contributed by atoms with Crippen LogP contribution in [0.2, 0.25) is 5.02 Å². The fourth-order valence-electron chi connectivity index (χ4n) is 2.50. The quantitative estimate of drug-likeness (QED) is 0.553. The van der Waals surface area contributed by atoms with Crippen LogP contribution in [0.15, 0.2) is 24.3 Å². The van der Waals surface area contributed by atoms with E-state index in [2.05, 4.69) is 18.8 Å². The fraction of sp³-hybridized carbons (Fsp3) is 0.524. The van der Waals surface area contributed by atoms with Crippen molar-refractivity contribution >= 4 is 34.4 Å². The molecule has 0 aliphatic carbocycles. The topological polar surface area (TPSA) is 60.9 Å². The standard InChI is InChI=1S/C21H29ClN2O4/c1-14(2)9-10-24(20(25)28-21(3,4)5)19-8-7-15-11-18(27-13-26-6)16(22)12-17(15)23-19/h7-8,11-12,14H,9-10,13H2,1-6H3. The minimum absolute atomic E-state index is 0.109. The number of aromatic nitrogens is 1. The number of benzene rings is 1. The number of fused-ring (bicyclic) bond motifs is 1. The van der Waals surface area contributed by atoms with Crippen LogP contribution in [0.1, 0.15) is 41.0 Å². The number of methoxy groups -OCH3 is 1. The van der Waals surface area contributed by atoms with E-state index in [1.165, 1.54) is 0 Å². The highest BCUT2D eigenvalue weighted by atomic mass is 35.5. The summed E-state index contributed by atoms with van der Waals surface area (Å²) in [6.45, 7) is 10.4. The molecule has 2 aromatic rings. The molecule has 0 saturated heterocycles. The summed E-state index contributed by atoms with van der Waals surface area (Å²) in [6, 6.07) is 7.22. The number of anilines is 1. The summed E-state index contributed by atoms with van der Waals surface area (Å²) >= 11 is 6.30. The average molecular weight is 409 g/mol. The van der Waals surface area contributed by atoms with Gasteiger partial charge in [0.2, 0.25) is 0 Å². The Labute approximate surface area is 171 Å². The van der Waals surface area contributed by atoms with E-state index in [4.69, 9.17) is 25.8 Å². The maximum absolute atomic E-state index is 12.8. The number of carbonyl (C=O) groups is 1. The van der Waals surface area contributed by atoms with E-state index in [1.807, 2.05) is 26.8 Å². The van der Waals surface area contributed by atoms with Crippen molar-refractivity contribution in [3.8, 4) is 5.75 Å². The first-order valence-electron chi connectivity index (χ1n) is 9.33. The smallest absolute Gasteiger partial charge is 0.416 e. The third-order valence-electron chi connectivity index (χ3n) is 3.88. The first-order valence-corrected chi connectivity index (χ1v) is 9.71. The Morgan fingerprint density at radius 3 is 2.57 bits per heavy atom. The van der Waals surface area contributed by atoms with Crippen molar-refractivity contribution in [2.24, 2.45) is 5.92 Å². The number of rotatable bonds is 7. The molecule has 0 spiro atoms. The summed E-state index contributed by atoms with van der Waals surface area (Å²) in [5.41, 5.74) is 0.0892. The van der Waals surface area contributed by atoms with Gasteiger partial charge in [0.1, 0.15) is 17.2 Å². The van der Waals surface area contributed by atoms with E-state index in [0.717, 1.165) is 11.8 Å². The predicted octanol–water partition coefficient (Wildman–Crippen LogP) is 5.66. The second-order valence-electron chi connectivity index (χ2n) is 8.01. The number of halogens is 1. The minimum Gasteiger partial charge on any atom is -0.466 e. The van der Waals surface area contributed by atoms with Crippen molar-refractivity contribution in [1.29, 1.82) is 0 Å². The number of carbonyl (C=O) groups excluding carboxylic acids is 1.